The Morgan fingerprint density at radius 1 is 1.33 bits per heavy atom. The number of aryl methyl sites for hydroxylation is 1. The van der Waals surface area contributed by atoms with E-state index < -0.39 is 0 Å². The van der Waals surface area contributed by atoms with Gasteiger partial charge in [-0.25, -0.2) is 0 Å². The van der Waals surface area contributed by atoms with E-state index in [-0.39, 0.29) is 6.04 Å². The molecule has 2 N–H and O–H groups in total. The van der Waals surface area contributed by atoms with Gasteiger partial charge in [-0.1, -0.05) is 6.07 Å². The summed E-state index contributed by atoms with van der Waals surface area (Å²) in [6.07, 6.45) is 3.56. The predicted octanol–water partition coefficient (Wildman–Crippen LogP) is 0.817. The van der Waals surface area contributed by atoms with E-state index in [4.69, 9.17) is 0 Å². The molecule has 1 atom stereocenters. The Bertz CT molecular complexity index is 406. The number of H-pyrrole nitrogens is 1. The Morgan fingerprint density at radius 2 is 2.20 bits per heavy atom. The van der Waals surface area contributed by atoms with Crippen molar-refractivity contribution in [2.45, 2.75) is 13.0 Å². The highest BCUT2D eigenvalue weighted by Gasteiger charge is 2.14. The number of hydrogen-bond donors (Lipinski definition) is 2. The number of pyridine rings is 1. The van der Waals surface area contributed by atoms with Crippen LogP contribution in [0.5, 0.6) is 0 Å². The van der Waals surface area contributed by atoms with Crippen LogP contribution in [-0.4, -0.2) is 27.4 Å². The first-order valence-electron chi connectivity index (χ1n) is 4.76. The van der Waals surface area contributed by atoms with E-state index in [9.17, 15) is 0 Å². The maximum atomic E-state index is 4.26. The topological polar surface area (TPSA) is 66.5 Å². The van der Waals surface area contributed by atoms with Crippen LogP contribution in [0.1, 0.15) is 23.0 Å². The van der Waals surface area contributed by atoms with Crippen LogP contribution in [0.15, 0.2) is 24.5 Å². The third kappa shape index (κ3) is 2.02. The van der Waals surface area contributed by atoms with Crippen LogP contribution in [0.25, 0.3) is 0 Å². The van der Waals surface area contributed by atoms with Crippen LogP contribution in [0, 0.1) is 6.92 Å². The van der Waals surface area contributed by atoms with Gasteiger partial charge in [0.1, 0.15) is 5.69 Å². The zero-order valence-corrected chi connectivity index (χ0v) is 8.73. The maximum Gasteiger partial charge on any atom is 0.104 e. The summed E-state index contributed by atoms with van der Waals surface area (Å²) in [7, 11) is 1.89. The summed E-state index contributed by atoms with van der Waals surface area (Å²) in [6.45, 7) is 1.97. The van der Waals surface area contributed by atoms with Gasteiger partial charge in [0.05, 0.1) is 12.2 Å². The monoisotopic (exact) mass is 203 g/mol. The van der Waals surface area contributed by atoms with Crippen molar-refractivity contribution in [1.82, 2.24) is 25.7 Å². The number of aromatic amines is 1. The number of rotatable bonds is 3. The maximum absolute atomic E-state index is 4.26. The first-order valence-corrected chi connectivity index (χ1v) is 4.76. The van der Waals surface area contributed by atoms with Gasteiger partial charge in [-0.2, -0.15) is 15.4 Å². The summed E-state index contributed by atoms with van der Waals surface area (Å²) >= 11 is 0. The smallest absolute Gasteiger partial charge is 0.104 e. The van der Waals surface area contributed by atoms with Crippen LogP contribution in [0.2, 0.25) is 0 Å². The molecule has 78 valence electrons. The van der Waals surface area contributed by atoms with Gasteiger partial charge in [0.2, 0.25) is 0 Å². The van der Waals surface area contributed by atoms with E-state index in [1.165, 1.54) is 0 Å². The van der Waals surface area contributed by atoms with Crippen molar-refractivity contribution in [3.63, 3.8) is 0 Å². The normalized spacial score (nSPS) is 12.7. The number of aromatic nitrogens is 4. The molecule has 0 aliphatic heterocycles. The van der Waals surface area contributed by atoms with Gasteiger partial charge in [0, 0.05) is 11.9 Å². The first kappa shape index (κ1) is 9.79. The molecule has 0 amide bonds. The van der Waals surface area contributed by atoms with Gasteiger partial charge >= 0.3 is 0 Å². The lowest BCUT2D eigenvalue weighted by molar-refractivity contribution is 0.664. The highest BCUT2D eigenvalue weighted by atomic mass is 15.3. The number of nitrogens with one attached hydrogen (secondary N) is 2. The van der Waals surface area contributed by atoms with Crippen molar-refractivity contribution in [3.05, 3.63) is 41.5 Å². The van der Waals surface area contributed by atoms with E-state index in [1.54, 1.807) is 6.20 Å². The molecule has 2 rings (SSSR count). The minimum Gasteiger partial charge on any atom is -0.308 e. The second-order valence-corrected chi connectivity index (χ2v) is 3.35. The van der Waals surface area contributed by atoms with E-state index in [0.717, 1.165) is 17.0 Å². The quantitative estimate of drug-likeness (QED) is 0.775. The van der Waals surface area contributed by atoms with Gasteiger partial charge in [-0.3, -0.25) is 4.98 Å². The van der Waals surface area contributed by atoms with Gasteiger partial charge in [0.15, 0.2) is 0 Å². The highest BCUT2D eigenvalue weighted by molar-refractivity contribution is 5.24. The van der Waals surface area contributed by atoms with Gasteiger partial charge in [0.25, 0.3) is 0 Å². The summed E-state index contributed by atoms with van der Waals surface area (Å²) in [5.41, 5.74) is 2.95. The summed E-state index contributed by atoms with van der Waals surface area (Å²) in [6, 6.07) is 4.06. The summed E-state index contributed by atoms with van der Waals surface area (Å²) in [4.78, 5) is 4.26. The molecule has 5 nitrogen and oxygen atoms in total. The van der Waals surface area contributed by atoms with Crippen LogP contribution in [0.3, 0.4) is 0 Å². The number of nitrogens with zero attached hydrogens (tertiary/aromatic N) is 3. The Balaban J connectivity index is 2.31. The highest BCUT2D eigenvalue weighted by Crippen LogP contribution is 2.17. The molecule has 0 bridgehead atoms. The summed E-state index contributed by atoms with van der Waals surface area (Å²) in [5.74, 6) is 0. The van der Waals surface area contributed by atoms with Gasteiger partial charge in [-0.15, -0.1) is 0 Å². The Hall–Kier alpha value is -1.75. The molecule has 0 radical (unpaired) electrons. The van der Waals surface area contributed by atoms with Crippen LogP contribution in [-0.2, 0) is 0 Å². The lowest BCUT2D eigenvalue weighted by Crippen LogP contribution is -2.18. The molecule has 0 spiro atoms. The molecule has 0 aromatic carbocycles. The zero-order valence-electron chi connectivity index (χ0n) is 8.73. The van der Waals surface area contributed by atoms with Crippen LogP contribution >= 0.6 is 0 Å². The summed E-state index contributed by atoms with van der Waals surface area (Å²) < 4.78 is 0. The Labute approximate surface area is 87.9 Å². The largest absolute Gasteiger partial charge is 0.308 e. The molecule has 5 heteroatoms. The van der Waals surface area contributed by atoms with Crippen LogP contribution in [0.4, 0.5) is 0 Å². The lowest BCUT2D eigenvalue weighted by atomic mass is 10.1. The molecule has 15 heavy (non-hydrogen) atoms. The van der Waals surface area contributed by atoms with E-state index >= 15 is 0 Å². The average Bonchev–Trinajstić information content (AvgIpc) is 2.75. The molecule has 0 aliphatic carbocycles. The van der Waals surface area contributed by atoms with E-state index in [0.29, 0.717) is 0 Å². The molecule has 0 aliphatic rings. The third-order valence-corrected chi connectivity index (χ3v) is 2.29. The summed E-state index contributed by atoms with van der Waals surface area (Å²) in [5, 5.41) is 13.6. The fraction of sp³-hybridized carbons (Fsp3) is 0.300. The zero-order chi connectivity index (χ0) is 10.7. The SMILES string of the molecule is CNC(c1ccc(C)nc1)c1cn[nH]n1. The van der Waals surface area contributed by atoms with Crippen molar-refractivity contribution in [3.8, 4) is 0 Å². The van der Waals surface area contributed by atoms with Gasteiger partial charge < -0.3 is 5.32 Å². The molecule has 2 heterocycles. The van der Waals surface area contributed by atoms with Crippen molar-refractivity contribution in [1.29, 1.82) is 0 Å². The van der Waals surface area contributed by atoms with Crippen molar-refractivity contribution < 1.29 is 0 Å². The first-order chi connectivity index (χ1) is 7.31. The number of hydrogen-bond acceptors (Lipinski definition) is 4. The molecule has 1 unspecified atom stereocenters. The lowest BCUT2D eigenvalue weighted by Gasteiger charge is -2.12. The second kappa shape index (κ2) is 4.18. The molecule has 0 fully saturated rings. The second-order valence-electron chi connectivity index (χ2n) is 3.35. The van der Waals surface area contributed by atoms with Gasteiger partial charge in [-0.05, 0) is 25.6 Å². The van der Waals surface area contributed by atoms with E-state index in [2.05, 4.69) is 25.7 Å². The molecule has 2 aromatic rings. The molecular formula is C10H13N5. The van der Waals surface area contributed by atoms with Crippen molar-refractivity contribution in [2.75, 3.05) is 7.05 Å². The predicted molar refractivity (Wildman–Crippen MR) is 56.3 cm³/mol. The molecule has 0 saturated heterocycles. The molecular weight excluding hydrogens is 190 g/mol. The minimum atomic E-state index is 0.0387. The minimum absolute atomic E-state index is 0.0387. The molecule has 0 saturated carbocycles. The standard InChI is InChI=1S/C10H13N5/c1-7-3-4-8(5-12-7)10(11-2)9-6-13-15-14-9/h3-6,10-11H,1-2H3,(H,13,14,15). The third-order valence-electron chi connectivity index (χ3n) is 2.29. The van der Waals surface area contributed by atoms with Crippen molar-refractivity contribution >= 4 is 0 Å². The Kier molecular flexibility index (Phi) is 2.73. The fourth-order valence-electron chi connectivity index (χ4n) is 1.48. The Morgan fingerprint density at radius 3 is 2.73 bits per heavy atom. The van der Waals surface area contributed by atoms with Crippen LogP contribution < -0.4 is 5.32 Å². The van der Waals surface area contributed by atoms with Crippen molar-refractivity contribution in [2.24, 2.45) is 0 Å². The average molecular weight is 203 g/mol. The van der Waals surface area contributed by atoms with E-state index in [1.807, 2.05) is 32.3 Å². The molecule has 2 aromatic heterocycles. The fourth-order valence-corrected chi connectivity index (χ4v) is 1.48.